The van der Waals surface area contributed by atoms with Crippen LogP contribution in [0.2, 0.25) is 0 Å². The van der Waals surface area contributed by atoms with Gasteiger partial charge in [0.2, 0.25) is 0 Å². The van der Waals surface area contributed by atoms with E-state index in [1.807, 2.05) is 0 Å². The first kappa shape index (κ1) is 19.9. The molecule has 1 aromatic rings. The number of nitro benzene ring substituents is 1. The number of nitro groups is 1. The summed E-state index contributed by atoms with van der Waals surface area (Å²) in [6, 6.07) is 2.52. The SMILES string of the molecule is Cc1ccc([N+](=O)[O-])c(C)c1NC(=O)NCC(C)(O)CCC(C)C. The van der Waals surface area contributed by atoms with E-state index in [9.17, 15) is 20.0 Å². The lowest BCUT2D eigenvalue weighted by molar-refractivity contribution is -0.385. The second-order valence-corrected chi connectivity index (χ2v) is 6.90. The number of urea groups is 1. The highest BCUT2D eigenvalue weighted by Gasteiger charge is 2.22. The molecule has 0 aliphatic heterocycles. The normalized spacial score (nSPS) is 13.5. The van der Waals surface area contributed by atoms with Crippen LogP contribution >= 0.6 is 0 Å². The third-order valence-corrected chi connectivity index (χ3v) is 3.97. The number of hydrogen-bond donors (Lipinski definition) is 3. The van der Waals surface area contributed by atoms with Crippen molar-refractivity contribution in [2.24, 2.45) is 5.92 Å². The van der Waals surface area contributed by atoms with E-state index in [2.05, 4.69) is 24.5 Å². The fourth-order valence-electron chi connectivity index (χ4n) is 2.34. The van der Waals surface area contributed by atoms with E-state index >= 15 is 0 Å². The average Bonchev–Trinajstić information content (AvgIpc) is 2.47. The van der Waals surface area contributed by atoms with Crippen molar-refractivity contribution in [1.82, 2.24) is 5.32 Å². The van der Waals surface area contributed by atoms with Crippen LogP contribution in [-0.2, 0) is 0 Å². The van der Waals surface area contributed by atoms with Gasteiger partial charge in [-0.3, -0.25) is 10.1 Å². The van der Waals surface area contributed by atoms with Gasteiger partial charge >= 0.3 is 6.03 Å². The van der Waals surface area contributed by atoms with Gasteiger partial charge in [-0.2, -0.15) is 0 Å². The van der Waals surface area contributed by atoms with Gasteiger partial charge in [0.05, 0.1) is 21.8 Å². The molecule has 1 aromatic carbocycles. The Hall–Kier alpha value is -2.15. The maximum atomic E-state index is 12.1. The molecule has 0 saturated carbocycles. The number of benzene rings is 1. The summed E-state index contributed by atoms with van der Waals surface area (Å²) in [4.78, 5) is 22.6. The summed E-state index contributed by atoms with van der Waals surface area (Å²) in [7, 11) is 0. The molecular formula is C17H27N3O4. The molecule has 0 bridgehead atoms. The Balaban J connectivity index is 2.72. The molecule has 0 saturated heterocycles. The molecule has 0 spiro atoms. The Kier molecular flexibility index (Phi) is 6.71. The molecule has 0 aliphatic rings. The number of carbonyl (C=O) groups excluding carboxylic acids is 1. The van der Waals surface area contributed by atoms with Gasteiger partial charge in [0, 0.05) is 12.6 Å². The number of amides is 2. The molecule has 7 heteroatoms. The minimum absolute atomic E-state index is 0.0418. The second-order valence-electron chi connectivity index (χ2n) is 6.90. The Bertz CT molecular complexity index is 612. The molecule has 2 amide bonds. The first-order chi connectivity index (χ1) is 11.0. The number of nitrogens with one attached hydrogen (secondary N) is 2. The largest absolute Gasteiger partial charge is 0.388 e. The van der Waals surface area contributed by atoms with Crippen molar-refractivity contribution in [3.8, 4) is 0 Å². The number of aryl methyl sites for hydroxylation is 1. The summed E-state index contributed by atoms with van der Waals surface area (Å²) >= 11 is 0. The lowest BCUT2D eigenvalue weighted by atomic mass is 9.95. The van der Waals surface area contributed by atoms with E-state index in [4.69, 9.17) is 0 Å². The first-order valence-electron chi connectivity index (χ1n) is 8.05. The van der Waals surface area contributed by atoms with Gasteiger partial charge in [0.15, 0.2) is 0 Å². The third kappa shape index (κ3) is 5.81. The summed E-state index contributed by atoms with van der Waals surface area (Å²) < 4.78 is 0. The quantitative estimate of drug-likeness (QED) is 0.523. The monoisotopic (exact) mass is 337 g/mol. The van der Waals surface area contributed by atoms with E-state index in [1.54, 1.807) is 26.8 Å². The third-order valence-electron chi connectivity index (χ3n) is 3.97. The summed E-state index contributed by atoms with van der Waals surface area (Å²) in [6.07, 6.45) is 1.44. The summed E-state index contributed by atoms with van der Waals surface area (Å²) in [5, 5.41) is 26.5. The Morgan fingerprint density at radius 2 is 2.00 bits per heavy atom. The van der Waals surface area contributed by atoms with Crippen LogP contribution in [0.4, 0.5) is 16.2 Å². The summed E-state index contributed by atoms with van der Waals surface area (Å²) in [5.74, 6) is 0.473. The molecule has 0 aromatic heterocycles. The number of nitrogens with zero attached hydrogens (tertiary/aromatic N) is 1. The highest BCUT2D eigenvalue weighted by molar-refractivity contribution is 5.91. The van der Waals surface area contributed by atoms with Crippen LogP contribution in [0, 0.1) is 29.9 Å². The van der Waals surface area contributed by atoms with Crippen molar-refractivity contribution in [2.45, 2.75) is 53.1 Å². The van der Waals surface area contributed by atoms with E-state index in [0.29, 0.717) is 23.6 Å². The highest BCUT2D eigenvalue weighted by atomic mass is 16.6. The van der Waals surface area contributed by atoms with Crippen molar-refractivity contribution in [2.75, 3.05) is 11.9 Å². The first-order valence-corrected chi connectivity index (χ1v) is 8.05. The molecular weight excluding hydrogens is 310 g/mol. The van der Waals surface area contributed by atoms with E-state index in [0.717, 1.165) is 12.0 Å². The van der Waals surface area contributed by atoms with Crippen molar-refractivity contribution in [3.05, 3.63) is 33.4 Å². The molecule has 0 radical (unpaired) electrons. The number of carbonyl (C=O) groups is 1. The van der Waals surface area contributed by atoms with Crippen LogP contribution < -0.4 is 10.6 Å². The Morgan fingerprint density at radius 1 is 1.38 bits per heavy atom. The fourth-order valence-corrected chi connectivity index (χ4v) is 2.34. The lowest BCUT2D eigenvalue weighted by Gasteiger charge is -2.24. The molecule has 1 rings (SSSR count). The number of hydrogen-bond acceptors (Lipinski definition) is 4. The van der Waals surface area contributed by atoms with Crippen LogP contribution in [0.1, 0.15) is 44.7 Å². The molecule has 1 unspecified atom stereocenters. The zero-order valence-electron chi connectivity index (χ0n) is 15.0. The lowest BCUT2D eigenvalue weighted by Crippen LogP contribution is -2.42. The Labute approximate surface area is 142 Å². The number of anilines is 1. The Morgan fingerprint density at radius 3 is 2.54 bits per heavy atom. The molecule has 0 fully saturated rings. The standard InChI is InChI=1S/C17H27N3O4/c1-11(2)8-9-17(5,22)10-18-16(21)19-15-12(3)6-7-14(13(15)4)20(23)24/h6-7,11,22H,8-10H2,1-5H3,(H2,18,19,21). The minimum atomic E-state index is -0.992. The van der Waals surface area contributed by atoms with Gasteiger partial charge in [-0.05, 0) is 45.1 Å². The van der Waals surface area contributed by atoms with Gasteiger partial charge in [0.25, 0.3) is 5.69 Å². The van der Waals surface area contributed by atoms with Crippen LogP contribution in [0.5, 0.6) is 0 Å². The maximum absolute atomic E-state index is 12.1. The number of aliphatic hydroxyl groups is 1. The second kappa shape index (κ2) is 8.10. The topological polar surface area (TPSA) is 105 Å². The van der Waals surface area contributed by atoms with Gasteiger partial charge in [-0.1, -0.05) is 19.9 Å². The van der Waals surface area contributed by atoms with Crippen LogP contribution in [0.15, 0.2) is 12.1 Å². The molecule has 3 N–H and O–H groups in total. The van der Waals surface area contributed by atoms with Crippen molar-refractivity contribution >= 4 is 17.4 Å². The van der Waals surface area contributed by atoms with Gasteiger partial charge in [-0.15, -0.1) is 0 Å². The van der Waals surface area contributed by atoms with Crippen molar-refractivity contribution < 1.29 is 14.8 Å². The molecule has 1 atom stereocenters. The van der Waals surface area contributed by atoms with Crippen LogP contribution in [0.25, 0.3) is 0 Å². The molecule has 0 heterocycles. The molecule has 0 aliphatic carbocycles. The highest BCUT2D eigenvalue weighted by Crippen LogP contribution is 2.28. The smallest absolute Gasteiger partial charge is 0.319 e. The summed E-state index contributed by atoms with van der Waals surface area (Å²) in [6.45, 7) is 9.30. The van der Waals surface area contributed by atoms with E-state index < -0.39 is 16.6 Å². The molecule has 134 valence electrons. The molecule has 24 heavy (non-hydrogen) atoms. The summed E-state index contributed by atoms with van der Waals surface area (Å²) in [5.41, 5.74) is 0.527. The fraction of sp³-hybridized carbons (Fsp3) is 0.588. The van der Waals surface area contributed by atoms with Gasteiger partial charge < -0.3 is 15.7 Å². The number of rotatable bonds is 7. The van der Waals surface area contributed by atoms with Gasteiger partial charge in [-0.25, -0.2) is 4.79 Å². The van der Waals surface area contributed by atoms with E-state index in [-0.39, 0.29) is 12.2 Å². The van der Waals surface area contributed by atoms with Gasteiger partial charge in [0.1, 0.15) is 0 Å². The maximum Gasteiger partial charge on any atom is 0.319 e. The van der Waals surface area contributed by atoms with Crippen molar-refractivity contribution in [1.29, 1.82) is 0 Å². The predicted octanol–water partition coefficient (Wildman–Crippen LogP) is 3.52. The van der Waals surface area contributed by atoms with Crippen LogP contribution in [-0.4, -0.2) is 28.2 Å². The predicted molar refractivity (Wildman–Crippen MR) is 94.3 cm³/mol. The van der Waals surface area contributed by atoms with Crippen LogP contribution in [0.3, 0.4) is 0 Å². The zero-order chi connectivity index (χ0) is 18.5. The minimum Gasteiger partial charge on any atom is -0.388 e. The average molecular weight is 337 g/mol. The van der Waals surface area contributed by atoms with E-state index in [1.165, 1.54) is 6.07 Å². The van der Waals surface area contributed by atoms with Crippen molar-refractivity contribution in [3.63, 3.8) is 0 Å². The molecule has 7 nitrogen and oxygen atoms in total. The zero-order valence-corrected chi connectivity index (χ0v) is 15.0.